The number of nitrogens with zero attached hydrogens (tertiary/aromatic N) is 4. The van der Waals surface area contributed by atoms with Gasteiger partial charge in [-0.05, 0) is 38.1 Å². The molecule has 7 heteroatoms. The fourth-order valence-electron chi connectivity index (χ4n) is 3.22. The van der Waals surface area contributed by atoms with Gasteiger partial charge in [0.25, 0.3) is 0 Å². The van der Waals surface area contributed by atoms with Gasteiger partial charge in [-0.25, -0.2) is 9.97 Å². The summed E-state index contributed by atoms with van der Waals surface area (Å²) in [6.07, 6.45) is 5.51. The van der Waals surface area contributed by atoms with Crippen molar-refractivity contribution in [3.8, 4) is 5.69 Å². The third-order valence-electron chi connectivity index (χ3n) is 4.93. The van der Waals surface area contributed by atoms with Crippen molar-refractivity contribution in [3.63, 3.8) is 0 Å². The molecule has 2 N–H and O–H groups in total. The minimum Gasteiger partial charge on any atom is -0.333 e. The van der Waals surface area contributed by atoms with Crippen molar-refractivity contribution in [1.82, 2.24) is 24.4 Å². The Labute approximate surface area is 152 Å². The monoisotopic (exact) mass is 350 g/mol. The molecule has 1 aliphatic rings. The van der Waals surface area contributed by atoms with Gasteiger partial charge in [0, 0.05) is 42.6 Å². The lowest BCUT2D eigenvalue weighted by atomic mass is 10.1. The molecule has 26 heavy (non-hydrogen) atoms. The molecular formula is C19H22N6O. The molecule has 2 aromatic heterocycles. The van der Waals surface area contributed by atoms with Crippen LogP contribution in [0.1, 0.15) is 17.2 Å². The molecule has 7 nitrogen and oxygen atoms in total. The van der Waals surface area contributed by atoms with E-state index in [9.17, 15) is 4.79 Å². The molecule has 0 saturated heterocycles. The van der Waals surface area contributed by atoms with Crippen LogP contribution in [0, 0.1) is 19.8 Å². The van der Waals surface area contributed by atoms with E-state index in [4.69, 9.17) is 0 Å². The molecule has 0 saturated carbocycles. The fourth-order valence-corrected chi connectivity index (χ4v) is 3.22. The molecule has 0 fully saturated rings. The third-order valence-corrected chi connectivity index (χ3v) is 4.93. The molecule has 0 radical (unpaired) electrons. The van der Waals surface area contributed by atoms with Gasteiger partial charge in [-0.1, -0.05) is 0 Å². The number of fused-ring (bicyclic) bond motifs is 1. The van der Waals surface area contributed by atoms with Crippen LogP contribution < -0.4 is 10.6 Å². The average Bonchev–Trinajstić information content (AvgIpc) is 3.16. The summed E-state index contributed by atoms with van der Waals surface area (Å²) in [6, 6.07) is 7.83. The van der Waals surface area contributed by atoms with Crippen molar-refractivity contribution in [2.75, 3.05) is 11.9 Å². The number of benzene rings is 1. The van der Waals surface area contributed by atoms with Gasteiger partial charge >= 0.3 is 0 Å². The molecule has 1 unspecified atom stereocenters. The van der Waals surface area contributed by atoms with E-state index in [-0.39, 0.29) is 11.8 Å². The van der Waals surface area contributed by atoms with Crippen molar-refractivity contribution in [2.24, 2.45) is 5.92 Å². The van der Waals surface area contributed by atoms with Gasteiger partial charge in [0.1, 0.15) is 5.82 Å². The molecule has 3 heterocycles. The van der Waals surface area contributed by atoms with Gasteiger partial charge in [0.05, 0.1) is 24.5 Å². The van der Waals surface area contributed by atoms with Crippen LogP contribution in [0.4, 0.5) is 5.69 Å². The summed E-state index contributed by atoms with van der Waals surface area (Å²) in [4.78, 5) is 21.3. The predicted molar refractivity (Wildman–Crippen MR) is 99.1 cm³/mol. The zero-order valence-electron chi connectivity index (χ0n) is 14.9. The van der Waals surface area contributed by atoms with E-state index in [0.717, 1.165) is 28.6 Å². The Kier molecular flexibility index (Phi) is 4.30. The smallest absolute Gasteiger partial charge is 0.230 e. The Morgan fingerprint density at radius 1 is 1.23 bits per heavy atom. The predicted octanol–water partition coefficient (Wildman–Crippen LogP) is 2.04. The van der Waals surface area contributed by atoms with Crippen LogP contribution in [-0.4, -0.2) is 31.6 Å². The maximum atomic E-state index is 12.7. The van der Waals surface area contributed by atoms with Crippen LogP contribution in [0.15, 0.2) is 43.0 Å². The second-order valence-corrected chi connectivity index (χ2v) is 6.65. The van der Waals surface area contributed by atoms with E-state index in [1.165, 1.54) is 0 Å². The first-order valence-electron chi connectivity index (χ1n) is 8.74. The van der Waals surface area contributed by atoms with E-state index >= 15 is 0 Å². The molecular weight excluding hydrogens is 328 g/mol. The summed E-state index contributed by atoms with van der Waals surface area (Å²) in [7, 11) is 0. The topological polar surface area (TPSA) is 76.8 Å². The largest absolute Gasteiger partial charge is 0.333 e. The molecule has 1 aromatic carbocycles. The minimum atomic E-state index is -0.135. The third kappa shape index (κ3) is 3.13. The van der Waals surface area contributed by atoms with E-state index in [0.29, 0.717) is 19.6 Å². The highest BCUT2D eigenvalue weighted by Gasteiger charge is 2.23. The Hall–Kier alpha value is -2.93. The molecule has 4 rings (SSSR count). The number of carbonyl (C=O) groups excluding carboxylic acids is 1. The molecule has 134 valence electrons. The highest BCUT2D eigenvalue weighted by Crippen LogP contribution is 2.18. The summed E-state index contributed by atoms with van der Waals surface area (Å²) in [6.45, 7) is 6.00. The number of rotatable bonds is 3. The number of amides is 1. The molecule has 0 spiro atoms. The number of hydrogen-bond acceptors (Lipinski definition) is 4. The first-order chi connectivity index (χ1) is 12.6. The first-order valence-corrected chi connectivity index (χ1v) is 8.74. The van der Waals surface area contributed by atoms with Gasteiger partial charge in [-0.15, -0.1) is 0 Å². The molecule has 0 aliphatic carbocycles. The van der Waals surface area contributed by atoms with Gasteiger partial charge in [0.2, 0.25) is 5.91 Å². The quantitative estimate of drug-likeness (QED) is 0.758. The lowest BCUT2D eigenvalue weighted by molar-refractivity contribution is -0.120. The fraction of sp³-hybridized carbons (Fsp3) is 0.316. The van der Waals surface area contributed by atoms with E-state index in [1.54, 1.807) is 6.20 Å². The summed E-state index contributed by atoms with van der Waals surface area (Å²) in [5.41, 5.74) is 3.95. The highest BCUT2D eigenvalue weighted by atomic mass is 16.1. The Morgan fingerprint density at radius 2 is 2.04 bits per heavy atom. The van der Waals surface area contributed by atoms with Crippen molar-refractivity contribution in [2.45, 2.75) is 26.9 Å². The number of carbonyl (C=O) groups is 1. The SMILES string of the molecule is Cc1ncn(-c2ccc(NC(=O)C3CNCc4nccn4C3)cc2)c1C. The normalized spacial score (nSPS) is 16.8. The Morgan fingerprint density at radius 3 is 2.77 bits per heavy atom. The Bertz CT molecular complexity index is 924. The average molecular weight is 350 g/mol. The van der Waals surface area contributed by atoms with Crippen molar-refractivity contribution in [3.05, 3.63) is 60.2 Å². The van der Waals surface area contributed by atoms with Gasteiger partial charge in [0.15, 0.2) is 0 Å². The number of nitrogens with one attached hydrogen (secondary N) is 2. The van der Waals surface area contributed by atoms with E-state index in [1.807, 2.05) is 59.8 Å². The van der Waals surface area contributed by atoms with Gasteiger partial charge in [-0.3, -0.25) is 4.79 Å². The molecule has 3 aromatic rings. The number of aromatic nitrogens is 4. The van der Waals surface area contributed by atoms with Crippen LogP contribution in [0.5, 0.6) is 0 Å². The molecule has 0 bridgehead atoms. The molecule has 1 atom stereocenters. The lowest BCUT2D eigenvalue weighted by Gasteiger charge is -2.15. The van der Waals surface area contributed by atoms with E-state index < -0.39 is 0 Å². The summed E-state index contributed by atoms with van der Waals surface area (Å²) in [5.74, 6) is 0.848. The summed E-state index contributed by atoms with van der Waals surface area (Å²) in [5, 5.41) is 6.31. The summed E-state index contributed by atoms with van der Waals surface area (Å²) < 4.78 is 4.08. The number of anilines is 1. The lowest BCUT2D eigenvalue weighted by Crippen LogP contribution is -2.32. The zero-order chi connectivity index (χ0) is 18.1. The molecule has 1 amide bonds. The second kappa shape index (κ2) is 6.76. The Balaban J connectivity index is 1.45. The number of aryl methyl sites for hydroxylation is 1. The zero-order valence-corrected chi connectivity index (χ0v) is 14.9. The standard InChI is InChI=1S/C19H22N6O/c1-13-14(2)25(12-22-13)17-5-3-16(4-6-17)23-19(26)15-9-20-10-18-21-7-8-24(18)11-15/h3-8,12,15,20H,9-11H2,1-2H3,(H,23,26). The van der Waals surface area contributed by atoms with Crippen molar-refractivity contribution < 1.29 is 4.79 Å². The number of imidazole rings is 2. The van der Waals surface area contributed by atoms with Crippen molar-refractivity contribution >= 4 is 11.6 Å². The van der Waals surface area contributed by atoms with E-state index in [2.05, 4.69) is 20.6 Å². The maximum absolute atomic E-state index is 12.7. The second-order valence-electron chi connectivity index (χ2n) is 6.65. The van der Waals surface area contributed by atoms with Crippen molar-refractivity contribution in [1.29, 1.82) is 0 Å². The van der Waals surface area contributed by atoms with Crippen LogP contribution in [-0.2, 0) is 17.9 Å². The van der Waals surface area contributed by atoms with Gasteiger partial charge < -0.3 is 19.8 Å². The van der Waals surface area contributed by atoms with Gasteiger partial charge in [-0.2, -0.15) is 0 Å². The first kappa shape index (κ1) is 16.5. The van der Waals surface area contributed by atoms with Crippen LogP contribution in [0.2, 0.25) is 0 Å². The summed E-state index contributed by atoms with van der Waals surface area (Å²) >= 11 is 0. The van der Waals surface area contributed by atoms with Crippen LogP contribution in [0.25, 0.3) is 5.69 Å². The maximum Gasteiger partial charge on any atom is 0.230 e. The molecule has 1 aliphatic heterocycles. The number of hydrogen-bond donors (Lipinski definition) is 2. The minimum absolute atomic E-state index is 0.0152. The van der Waals surface area contributed by atoms with Crippen LogP contribution >= 0.6 is 0 Å². The highest BCUT2D eigenvalue weighted by molar-refractivity contribution is 5.92. The van der Waals surface area contributed by atoms with Crippen LogP contribution in [0.3, 0.4) is 0 Å².